The maximum Gasteiger partial charge on any atom is 0.266 e. The first-order chi connectivity index (χ1) is 6.77. The van der Waals surface area contributed by atoms with Crippen LogP contribution >= 0.6 is 0 Å². The van der Waals surface area contributed by atoms with Crippen LogP contribution in [-0.2, 0) is 0 Å². The van der Waals surface area contributed by atoms with Gasteiger partial charge in [-0.05, 0) is 6.07 Å². The van der Waals surface area contributed by atoms with E-state index >= 15 is 0 Å². The molecule has 2 aromatic rings. The number of halogens is 1. The molecular formula is C9H6FN3O. The summed E-state index contributed by atoms with van der Waals surface area (Å²) in [5, 5.41) is 0. The van der Waals surface area contributed by atoms with E-state index in [1.165, 1.54) is 18.5 Å². The van der Waals surface area contributed by atoms with Crippen molar-refractivity contribution in [1.29, 1.82) is 0 Å². The SMILES string of the molecule is O=c1cncc(-c2ccncc2F)[nH]1. The summed E-state index contributed by atoms with van der Waals surface area (Å²) in [6.07, 6.45) is 5.05. The van der Waals surface area contributed by atoms with Crippen molar-refractivity contribution in [3.8, 4) is 11.3 Å². The van der Waals surface area contributed by atoms with Crippen LogP contribution in [0.2, 0.25) is 0 Å². The topological polar surface area (TPSA) is 58.6 Å². The number of aromatic amines is 1. The molecule has 0 bridgehead atoms. The summed E-state index contributed by atoms with van der Waals surface area (Å²) >= 11 is 0. The molecule has 0 aliphatic rings. The highest BCUT2D eigenvalue weighted by Crippen LogP contribution is 2.16. The summed E-state index contributed by atoms with van der Waals surface area (Å²) in [6, 6.07) is 1.47. The summed E-state index contributed by atoms with van der Waals surface area (Å²) in [5.74, 6) is -0.490. The Balaban J connectivity index is 2.61. The van der Waals surface area contributed by atoms with Gasteiger partial charge in [0.1, 0.15) is 0 Å². The fraction of sp³-hybridized carbons (Fsp3) is 0. The van der Waals surface area contributed by atoms with Crippen LogP contribution in [-0.4, -0.2) is 15.0 Å². The quantitative estimate of drug-likeness (QED) is 0.730. The third-order valence-electron chi connectivity index (χ3n) is 1.72. The Bertz CT molecular complexity index is 509. The van der Waals surface area contributed by atoms with Crippen LogP contribution in [0.15, 0.2) is 35.6 Å². The second kappa shape index (κ2) is 3.37. The maximum absolute atomic E-state index is 13.2. The number of H-pyrrole nitrogens is 1. The normalized spacial score (nSPS) is 10.1. The second-order valence-corrected chi connectivity index (χ2v) is 2.67. The Kier molecular flexibility index (Phi) is 2.06. The third kappa shape index (κ3) is 1.52. The molecule has 0 saturated carbocycles. The molecule has 1 N–H and O–H groups in total. The number of hydrogen-bond donors (Lipinski definition) is 1. The smallest absolute Gasteiger partial charge is 0.266 e. The molecule has 2 aromatic heterocycles. The van der Waals surface area contributed by atoms with E-state index in [2.05, 4.69) is 15.0 Å². The third-order valence-corrected chi connectivity index (χ3v) is 1.72. The van der Waals surface area contributed by atoms with Gasteiger partial charge in [-0.25, -0.2) is 4.39 Å². The Morgan fingerprint density at radius 1 is 1.21 bits per heavy atom. The first-order valence-electron chi connectivity index (χ1n) is 3.91. The summed E-state index contributed by atoms with van der Waals surface area (Å²) < 4.78 is 13.2. The average Bonchev–Trinajstić information content (AvgIpc) is 2.18. The summed E-state index contributed by atoms with van der Waals surface area (Å²) in [7, 11) is 0. The lowest BCUT2D eigenvalue weighted by molar-refractivity contribution is 0.624. The van der Waals surface area contributed by atoms with Gasteiger partial charge >= 0.3 is 0 Å². The molecule has 0 spiro atoms. The van der Waals surface area contributed by atoms with Gasteiger partial charge in [-0.3, -0.25) is 14.8 Å². The molecule has 5 heteroatoms. The number of pyridine rings is 1. The number of nitrogens with one attached hydrogen (secondary N) is 1. The fourth-order valence-corrected chi connectivity index (χ4v) is 1.11. The molecule has 0 saturated heterocycles. The monoisotopic (exact) mass is 191 g/mol. The Morgan fingerprint density at radius 2 is 2.07 bits per heavy atom. The van der Waals surface area contributed by atoms with Gasteiger partial charge in [-0.15, -0.1) is 0 Å². The number of aromatic nitrogens is 3. The highest BCUT2D eigenvalue weighted by molar-refractivity contribution is 5.57. The van der Waals surface area contributed by atoms with Crippen LogP contribution in [0.1, 0.15) is 0 Å². The molecule has 0 aromatic carbocycles. The first kappa shape index (κ1) is 8.55. The van der Waals surface area contributed by atoms with Crippen molar-refractivity contribution in [3.05, 3.63) is 47.0 Å². The molecule has 0 atom stereocenters. The van der Waals surface area contributed by atoms with Gasteiger partial charge in [-0.2, -0.15) is 0 Å². The van der Waals surface area contributed by atoms with Gasteiger partial charge < -0.3 is 4.98 Å². The van der Waals surface area contributed by atoms with Crippen LogP contribution in [0.3, 0.4) is 0 Å². The molecule has 4 nitrogen and oxygen atoms in total. The Labute approximate surface area is 78.5 Å². The number of rotatable bonds is 1. The van der Waals surface area contributed by atoms with Crippen molar-refractivity contribution < 1.29 is 4.39 Å². The molecule has 0 fully saturated rings. The molecule has 0 amide bonds. The van der Waals surface area contributed by atoms with Crippen molar-refractivity contribution in [2.24, 2.45) is 0 Å². The highest BCUT2D eigenvalue weighted by atomic mass is 19.1. The maximum atomic E-state index is 13.2. The van der Waals surface area contributed by atoms with E-state index in [0.717, 1.165) is 12.4 Å². The van der Waals surface area contributed by atoms with Gasteiger partial charge in [0.15, 0.2) is 5.82 Å². The molecule has 14 heavy (non-hydrogen) atoms. The molecule has 70 valence electrons. The molecule has 0 unspecified atom stereocenters. The number of nitrogens with zero attached hydrogens (tertiary/aromatic N) is 2. The average molecular weight is 191 g/mol. The zero-order valence-corrected chi connectivity index (χ0v) is 7.07. The second-order valence-electron chi connectivity index (χ2n) is 2.67. The lowest BCUT2D eigenvalue weighted by Crippen LogP contribution is -2.06. The van der Waals surface area contributed by atoms with Gasteiger partial charge in [0.25, 0.3) is 5.56 Å². The largest absolute Gasteiger partial charge is 0.319 e. The molecule has 2 rings (SSSR count). The molecule has 2 heterocycles. The lowest BCUT2D eigenvalue weighted by atomic mass is 10.2. The predicted octanol–water partition coefficient (Wildman–Crippen LogP) is 0.971. The first-order valence-corrected chi connectivity index (χ1v) is 3.91. The van der Waals surface area contributed by atoms with E-state index in [9.17, 15) is 9.18 Å². The summed E-state index contributed by atoms with van der Waals surface area (Å²) in [4.78, 5) is 20.7. The van der Waals surface area contributed by atoms with Crippen molar-refractivity contribution in [1.82, 2.24) is 15.0 Å². The molecular weight excluding hydrogens is 185 g/mol. The molecule has 0 aliphatic carbocycles. The van der Waals surface area contributed by atoms with Crippen molar-refractivity contribution in [2.45, 2.75) is 0 Å². The van der Waals surface area contributed by atoms with Crippen molar-refractivity contribution >= 4 is 0 Å². The summed E-state index contributed by atoms with van der Waals surface area (Å²) in [5.41, 5.74) is 0.265. The van der Waals surface area contributed by atoms with Gasteiger partial charge in [-0.1, -0.05) is 0 Å². The predicted molar refractivity (Wildman–Crippen MR) is 48.0 cm³/mol. The van der Waals surface area contributed by atoms with Crippen LogP contribution in [0.25, 0.3) is 11.3 Å². The van der Waals surface area contributed by atoms with Crippen LogP contribution in [0, 0.1) is 5.82 Å². The Hall–Kier alpha value is -2.04. The lowest BCUT2D eigenvalue weighted by Gasteiger charge is -2.00. The van der Waals surface area contributed by atoms with Gasteiger partial charge in [0.05, 0.1) is 24.3 Å². The van der Waals surface area contributed by atoms with E-state index in [-0.39, 0.29) is 11.1 Å². The highest BCUT2D eigenvalue weighted by Gasteiger charge is 2.04. The number of hydrogen-bond acceptors (Lipinski definition) is 3. The minimum atomic E-state index is -0.490. The minimum absolute atomic E-state index is 0.283. The van der Waals surface area contributed by atoms with Crippen molar-refractivity contribution in [3.63, 3.8) is 0 Å². The molecule has 0 aliphatic heterocycles. The van der Waals surface area contributed by atoms with E-state index < -0.39 is 5.82 Å². The minimum Gasteiger partial charge on any atom is -0.319 e. The van der Waals surface area contributed by atoms with Crippen LogP contribution in [0.4, 0.5) is 4.39 Å². The molecule has 0 radical (unpaired) electrons. The Morgan fingerprint density at radius 3 is 2.79 bits per heavy atom. The van der Waals surface area contributed by atoms with Gasteiger partial charge in [0.2, 0.25) is 0 Å². The zero-order chi connectivity index (χ0) is 9.97. The fourth-order valence-electron chi connectivity index (χ4n) is 1.11. The van der Waals surface area contributed by atoms with E-state index in [1.807, 2.05) is 0 Å². The van der Waals surface area contributed by atoms with Crippen LogP contribution in [0.5, 0.6) is 0 Å². The zero-order valence-electron chi connectivity index (χ0n) is 7.07. The van der Waals surface area contributed by atoms with Crippen molar-refractivity contribution in [2.75, 3.05) is 0 Å². The van der Waals surface area contributed by atoms with E-state index in [4.69, 9.17) is 0 Å². The standard InChI is InChI=1S/C9H6FN3O/c10-7-3-11-2-1-6(7)8-4-12-5-9(14)13-8/h1-5H,(H,13,14). The van der Waals surface area contributed by atoms with Gasteiger partial charge in [0, 0.05) is 11.8 Å². The van der Waals surface area contributed by atoms with E-state index in [1.54, 1.807) is 0 Å². The summed E-state index contributed by atoms with van der Waals surface area (Å²) in [6.45, 7) is 0. The van der Waals surface area contributed by atoms with E-state index in [0.29, 0.717) is 5.69 Å². The van der Waals surface area contributed by atoms with Crippen LogP contribution < -0.4 is 5.56 Å².